The maximum atomic E-state index is 15.1. The van der Waals surface area contributed by atoms with E-state index in [1.807, 2.05) is 0 Å². The molecule has 0 radical (unpaired) electrons. The molecule has 1 aromatic carbocycles. The molecule has 6 atom stereocenters. The van der Waals surface area contributed by atoms with E-state index in [9.17, 15) is 19.3 Å². The molecule has 1 fully saturated rings. The number of nitrogens with two attached hydrogens (primary N) is 1. The molecule has 0 saturated carbocycles. The number of para-hydroxylation sites is 1. The average molecular weight is 504 g/mol. The van der Waals surface area contributed by atoms with Crippen molar-refractivity contribution in [2.45, 2.75) is 37.4 Å². The van der Waals surface area contributed by atoms with Crippen molar-refractivity contribution in [3.63, 3.8) is 0 Å². The number of halogens is 2. The fourth-order valence-electron chi connectivity index (χ4n) is 3.12. The Hall–Kier alpha value is -2.30. The van der Waals surface area contributed by atoms with Gasteiger partial charge in [0.2, 0.25) is 0 Å². The Morgan fingerprint density at radius 2 is 2.09 bits per heavy atom. The normalized spacial score (nSPS) is 27.6. The van der Waals surface area contributed by atoms with Crippen LogP contribution in [0.4, 0.5) is 10.2 Å². The molecule has 13 heteroatoms. The fourth-order valence-corrected chi connectivity index (χ4v) is 5.39. The quantitative estimate of drug-likeness (QED) is 0.389. The Balaban J connectivity index is 1.80. The second-order valence-electron chi connectivity index (χ2n) is 7.69. The summed E-state index contributed by atoms with van der Waals surface area (Å²) in [6, 6.07) is 9.39. The van der Waals surface area contributed by atoms with Crippen LogP contribution in [0, 0.1) is 5.92 Å². The average Bonchev–Trinajstić information content (AvgIpc) is 2.96. The van der Waals surface area contributed by atoms with Crippen molar-refractivity contribution in [2.24, 2.45) is 5.92 Å². The molecule has 1 saturated heterocycles. The zero-order valence-corrected chi connectivity index (χ0v) is 19.5. The number of hydrogen-bond acceptors (Lipinski definition) is 9. The highest BCUT2D eigenvalue weighted by atomic mass is 35.5. The van der Waals surface area contributed by atoms with Gasteiger partial charge in [-0.25, -0.2) is 13.8 Å². The number of benzene rings is 1. The number of aromatic nitrogens is 2. The number of anilines is 1. The first-order chi connectivity index (χ1) is 15.4. The Labute approximate surface area is 194 Å². The third-order valence-corrected chi connectivity index (χ3v) is 7.53. The van der Waals surface area contributed by atoms with Crippen LogP contribution in [0.25, 0.3) is 0 Å². The van der Waals surface area contributed by atoms with Gasteiger partial charge in [0, 0.05) is 12.1 Å². The number of hydrogen-bond donors (Lipinski definition) is 2. The highest BCUT2D eigenvalue weighted by Gasteiger charge is 2.58. The summed E-state index contributed by atoms with van der Waals surface area (Å²) in [5.41, 5.74) is 4.50. The van der Waals surface area contributed by atoms with Crippen molar-refractivity contribution >= 4 is 30.8 Å². The second kappa shape index (κ2) is 9.90. The number of ether oxygens (including phenoxy) is 1. The summed E-state index contributed by atoms with van der Waals surface area (Å²) >= 11 is 5.87. The maximum Gasteiger partial charge on any atom is 0.379 e. The van der Waals surface area contributed by atoms with Crippen molar-refractivity contribution in [3.8, 4) is 5.75 Å². The molecule has 1 aliphatic heterocycles. The van der Waals surface area contributed by atoms with E-state index in [-0.39, 0.29) is 23.5 Å². The molecule has 3 N–H and O–H groups in total. The van der Waals surface area contributed by atoms with Crippen molar-refractivity contribution in [2.75, 3.05) is 18.5 Å². The van der Waals surface area contributed by atoms with Crippen molar-refractivity contribution in [1.29, 1.82) is 0 Å². The standard InChI is InChI=1S/C20H24ClFN3O7P/c1-12(13(2)26)11-33(29,32-14-6-4-3-5-7-14)30-10-15-17(27)20(21,22)18(31-15)25-9-8-16(23)24-19(25)28/h3-9,12,15,17-18,27H,10-11H2,1-2H3,(H2,23,24,28)/t12-,15-,17?,18-,20-,33?/m1/s1. The van der Waals surface area contributed by atoms with E-state index >= 15 is 4.39 Å². The van der Waals surface area contributed by atoms with Crippen LogP contribution in [-0.2, 0) is 18.6 Å². The predicted molar refractivity (Wildman–Crippen MR) is 118 cm³/mol. The minimum atomic E-state index is -3.95. The molecule has 2 unspecified atom stereocenters. The van der Waals surface area contributed by atoms with Gasteiger partial charge in [-0.05, 0) is 25.1 Å². The van der Waals surface area contributed by atoms with E-state index in [0.29, 0.717) is 0 Å². The van der Waals surface area contributed by atoms with Gasteiger partial charge in [-0.15, -0.1) is 0 Å². The van der Waals surface area contributed by atoms with E-state index in [4.69, 9.17) is 31.1 Å². The predicted octanol–water partition coefficient (Wildman–Crippen LogP) is 2.50. The molecule has 2 aromatic rings. The molecular formula is C20H24ClFN3O7P. The summed E-state index contributed by atoms with van der Waals surface area (Å²) in [7, 11) is -3.95. The van der Waals surface area contributed by atoms with Gasteiger partial charge in [0.1, 0.15) is 29.6 Å². The number of alkyl halides is 2. The van der Waals surface area contributed by atoms with Crippen molar-refractivity contribution in [1.82, 2.24) is 9.55 Å². The summed E-state index contributed by atoms with van der Waals surface area (Å²) in [6.45, 7) is 2.31. The van der Waals surface area contributed by atoms with Crippen LogP contribution in [0.1, 0.15) is 20.1 Å². The molecule has 2 heterocycles. The van der Waals surface area contributed by atoms with Gasteiger partial charge in [0.15, 0.2) is 6.23 Å². The monoisotopic (exact) mass is 503 g/mol. The molecule has 0 bridgehead atoms. The molecule has 0 spiro atoms. The summed E-state index contributed by atoms with van der Waals surface area (Å²) in [6.07, 6.45) is -4.26. The lowest BCUT2D eigenvalue weighted by molar-refractivity contribution is -0.119. The number of Topliss-reactive ketones (excluding diaryl/α,β-unsaturated/α-hetero) is 1. The molecule has 1 aliphatic rings. The lowest BCUT2D eigenvalue weighted by Gasteiger charge is -2.24. The lowest BCUT2D eigenvalue weighted by Crippen LogP contribution is -2.41. The van der Waals surface area contributed by atoms with Gasteiger partial charge in [-0.1, -0.05) is 36.7 Å². The molecule has 10 nitrogen and oxygen atoms in total. The van der Waals surface area contributed by atoms with E-state index in [1.54, 1.807) is 37.3 Å². The first kappa shape index (κ1) is 25.3. The van der Waals surface area contributed by atoms with Crippen LogP contribution >= 0.6 is 19.2 Å². The Morgan fingerprint density at radius 1 is 1.42 bits per heavy atom. The molecule has 0 aliphatic carbocycles. The minimum Gasteiger partial charge on any atom is -0.424 e. The van der Waals surface area contributed by atoms with Gasteiger partial charge >= 0.3 is 13.3 Å². The molecular weight excluding hydrogens is 480 g/mol. The van der Waals surface area contributed by atoms with Crippen LogP contribution in [0.2, 0.25) is 0 Å². The highest BCUT2D eigenvalue weighted by Crippen LogP contribution is 2.51. The van der Waals surface area contributed by atoms with E-state index in [2.05, 4.69) is 4.98 Å². The molecule has 180 valence electrons. The SMILES string of the molecule is CC(=O)[C@H](C)CP(=O)(OC[C@H]1O[C@@H](n2ccc(N)nc2=O)[C@@](F)(Cl)C1O)Oc1ccccc1. The number of carbonyl (C=O) groups excluding carboxylic acids is 1. The number of carbonyl (C=O) groups is 1. The number of nitrogen functional groups attached to an aromatic ring is 1. The number of ketones is 1. The van der Waals surface area contributed by atoms with Crippen LogP contribution < -0.4 is 15.9 Å². The van der Waals surface area contributed by atoms with E-state index in [0.717, 1.165) is 10.8 Å². The topological polar surface area (TPSA) is 143 Å². The van der Waals surface area contributed by atoms with Crippen LogP contribution in [0.5, 0.6) is 5.75 Å². The highest BCUT2D eigenvalue weighted by molar-refractivity contribution is 7.54. The van der Waals surface area contributed by atoms with Crippen LogP contribution in [0.15, 0.2) is 47.4 Å². The van der Waals surface area contributed by atoms with Crippen LogP contribution in [0.3, 0.4) is 0 Å². The smallest absolute Gasteiger partial charge is 0.379 e. The van der Waals surface area contributed by atoms with E-state index in [1.165, 1.54) is 13.0 Å². The van der Waals surface area contributed by atoms with Gasteiger partial charge in [0.05, 0.1) is 12.8 Å². The molecule has 33 heavy (non-hydrogen) atoms. The summed E-state index contributed by atoms with van der Waals surface area (Å²) in [4.78, 5) is 27.3. The van der Waals surface area contributed by atoms with Crippen LogP contribution in [-0.4, -0.2) is 50.5 Å². The Bertz CT molecular complexity index is 1100. The number of aliphatic hydroxyl groups excluding tert-OH is 1. The first-order valence-electron chi connectivity index (χ1n) is 9.97. The molecule has 1 aromatic heterocycles. The third-order valence-electron chi connectivity index (χ3n) is 5.10. The largest absolute Gasteiger partial charge is 0.424 e. The lowest BCUT2D eigenvalue weighted by atomic mass is 10.1. The first-order valence-corrected chi connectivity index (χ1v) is 12.1. The zero-order valence-electron chi connectivity index (χ0n) is 17.8. The van der Waals surface area contributed by atoms with Gasteiger partial charge in [-0.2, -0.15) is 4.98 Å². The van der Waals surface area contributed by atoms with Crippen molar-refractivity contribution in [3.05, 3.63) is 53.1 Å². The van der Waals surface area contributed by atoms with Gasteiger partial charge in [0.25, 0.3) is 5.13 Å². The summed E-state index contributed by atoms with van der Waals surface area (Å²) in [5.74, 6) is -0.743. The Morgan fingerprint density at radius 3 is 2.70 bits per heavy atom. The minimum absolute atomic E-state index is 0.0905. The third kappa shape index (κ3) is 5.80. The maximum absolute atomic E-state index is 15.1. The van der Waals surface area contributed by atoms with Crippen molar-refractivity contribution < 1.29 is 32.6 Å². The molecule has 0 amide bonds. The summed E-state index contributed by atoms with van der Waals surface area (Å²) < 4.78 is 45.8. The summed E-state index contributed by atoms with van der Waals surface area (Å²) in [5, 5.41) is 7.47. The second-order valence-corrected chi connectivity index (χ2v) is 10.3. The number of aliphatic hydroxyl groups is 1. The number of nitrogens with zero attached hydrogens (tertiary/aromatic N) is 2. The van der Waals surface area contributed by atoms with Gasteiger partial charge in [-0.3, -0.25) is 13.9 Å². The Kier molecular flexibility index (Phi) is 7.60. The number of rotatable bonds is 9. The zero-order chi connectivity index (χ0) is 24.4. The fraction of sp³-hybridized carbons (Fsp3) is 0.450. The van der Waals surface area contributed by atoms with E-state index < -0.39 is 49.4 Å². The van der Waals surface area contributed by atoms with Gasteiger partial charge < -0.3 is 20.1 Å². The molecule has 3 rings (SSSR count).